The molecule has 100 valence electrons. The molecule has 4 heteroatoms. The van der Waals surface area contributed by atoms with Crippen LogP contribution in [0.4, 0.5) is 0 Å². The quantitative estimate of drug-likeness (QED) is 0.605. The lowest BCUT2D eigenvalue weighted by Crippen LogP contribution is -1.94. The molecule has 1 N–H and O–H groups in total. The van der Waals surface area contributed by atoms with Gasteiger partial charge in [0.05, 0.1) is 17.7 Å². The van der Waals surface area contributed by atoms with E-state index in [2.05, 4.69) is 15.0 Å². The van der Waals surface area contributed by atoms with Gasteiger partial charge in [-0.05, 0) is 0 Å². The maximum atomic E-state index is 4.70. The fourth-order valence-corrected chi connectivity index (χ4v) is 2.36. The molecule has 0 radical (unpaired) electrons. The molecule has 0 aliphatic heterocycles. The lowest BCUT2D eigenvalue weighted by atomic mass is 10.0. The summed E-state index contributed by atoms with van der Waals surface area (Å²) in [6.45, 7) is 0. The Labute approximate surface area is 121 Å². The van der Waals surface area contributed by atoms with Gasteiger partial charge in [-0.15, -0.1) is 0 Å². The number of hydrogen-bond donors (Lipinski definition) is 1. The van der Waals surface area contributed by atoms with Crippen LogP contribution in [0.5, 0.6) is 0 Å². The Morgan fingerprint density at radius 2 is 1.24 bits per heavy atom. The highest BCUT2D eigenvalue weighted by atomic mass is 15.0. The van der Waals surface area contributed by atoms with Gasteiger partial charge >= 0.3 is 0 Å². The monoisotopic (exact) mass is 272 g/mol. The summed E-state index contributed by atoms with van der Waals surface area (Å²) in [4.78, 5) is 16.6. The van der Waals surface area contributed by atoms with Crippen LogP contribution in [0.2, 0.25) is 0 Å². The summed E-state index contributed by atoms with van der Waals surface area (Å²) in [6.07, 6.45) is 1.62. The molecule has 2 heterocycles. The smallest absolute Gasteiger partial charge is 0.197 e. The predicted octanol–water partition coefficient (Wildman–Crippen LogP) is 3.69. The fraction of sp³-hybridized carbons (Fsp3) is 0. The van der Waals surface area contributed by atoms with Gasteiger partial charge in [0.2, 0.25) is 0 Å². The number of H-pyrrole nitrogens is 1. The lowest BCUT2D eigenvalue weighted by Gasteiger charge is -2.08. The minimum Gasteiger partial charge on any atom is -0.328 e. The highest BCUT2D eigenvalue weighted by molar-refractivity contribution is 5.83. The van der Waals surface area contributed by atoms with Gasteiger partial charge in [0.1, 0.15) is 0 Å². The molecule has 2 aromatic carbocycles. The van der Waals surface area contributed by atoms with Crippen LogP contribution >= 0.6 is 0 Å². The first kappa shape index (κ1) is 11.8. The molecule has 0 atom stereocenters. The van der Waals surface area contributed by atoms with Crippen LogP contribution in [-0.2, 0) is 0 Å². The van der Waals surface area contributed by atoms with Crippen LogP contribution in [0.25, 0.3) is 33.8 Å². The van der Waals surface area contributed by atoms with Crippen molar-refractivity contribution in [3.63, 3.8) is 0 Å². The summed E-state index contributed by atoms with van der Waals surface area (Å²) in [5.41, 5.74) is 5.12. The SMILES string of the molecule is c1ccc(-c2nc3nc[nH]c3nc2-c2ccccc2)cc1. The third kappa shape index (κ3) is 2.07. The van der Waals surface area contributed by atoms with Gasteiger partial charge in [-0.2, -0.15) is 0 Å². The number of aromatic amines is 1. The van der Waals surface area contributed by atoms with Crippen molar-refractivity contribution in [3.05, 3.63) is 67.0 Å². The normalized spacial score (nSPS) is 10.9. The zero-order valence-electron chi connectivity index (χ0n) is 11.2. The van der Waals surface area contributed by atoms with Gasteiger partial charge in [0.25, 0.3) is 0 Å². The average Bonchev–Trinajstić information content (AvgIpc) is 3.03. The summed E-state index contributed by atoms with van der Waals surface area (Å²) in [5.74, 6) is 0. The number of imidazole rings is 1. The number of benzene rings is 2. The van der Waals surface area contributed by atoms with E-state index in [0.29, 0.717) is 11.3 Å². The Kier molecular flexibility index (Phi) is 2.71. The first-order valence-corrected chi connectivity index (χ1v) is 6.74. The second-order valence-corrected chi connectivity index (χ2v) is 4.73. The van der Waals surface area contributed by atoms with Gasteiger partial charge in [0, 0.05) is 11.1 Å². The Hall–Kier alpha value is -3.01. The van der Waals surface area contributed by atoms with Crippen molar-refractivity contribution in [3.8, 4) is 22.5 Å². The molecule has 0 unspecified atom stereocenters. The first-order chi connectivity index (χ1) is 10.4. The largest absolute Gasteiger partial charge is 0.328 e. The standard InChI is InChI=1S/C17H12N4/c1-3-7-12(8-4-1)14-15(13-9-5-2-6-10-13)21-17-16(20-14)18-11-19-17/h1-11H,(H,18,19,20,21). The van der Waals surface area contributed by atoms with Crippen molar-refractivity contribution >= 4 is 11.3 Å². The molecule has 0 amide bonds. The van der Waals surface area contributed by atoms with Crippen LogP contribution in [0.15, 0.2) is 67.0 Å². The second-order valence-electron chi connectivity index (χ2n) is 4.73. The fourth-order valence-electron chi connectivity index (χ4n) is 2.36. The van der Waals surface area contributed by atoms with Crippen molar-refractivity contribution < 1.29 is 0 Å². The summed E-state index contributed by atoms with van der Waals surface area (Å²) in [7, 11) is 0. The van der Waals surface area contributed by atoms with Crippen LogP contribution in [0.1, 0.15) is 0 Å². The Bertz CT molecular complexity index is 809. The van der Waals surface area contributed by atoms with Gasteiger partial charge in [-0.1, -0.05) is 60.7 Å². The molecule has 4 rings (SSSR count). The molecule has 0 saturated carbocycles. The lowest BCUT2D eigenvalue weighted by molar-refractivity contribution is 1.26. The Morgan fingerprint density at radius 3 is 1.86 bits per heavy atom. The number of fused-ring (bicyclic) bond motifs is 1. The summed E-state index contributed by atoms with van der Waals surface area (Å²) >= 11 is 0. The minimum atomic E-state index is 0.633. The summed E-state index contributed by atoms with van der Waals surface area (Å²) in [6, 6.07) is 20.1. The molecule has 0 spiro atoms. The Morgan fingerprint density at radius 1 is 0.667 bits per heavy atom. The van der Waals surface area contributed by atoms with E-state index < -0.39 is 0 Å². The molecule has 21 heavy (non-hydrogen) atoms. The van der Waals surface area contributed by atoms with Crippen molar-refractivity contribution in [1.82, 2.24) is 19.9 Å². The molecule has 2 aromatic heterocycles. The Balaban J connectivity index is 2.03. The molecule has 0 aliphatic rings. The minimum absolute atomic E-state index is 0.633. The molecule has 0 fully saturated rings. The first-order valence-electron chi connectivity index (χ1n) is 6.74. The second kappa shape index (κ2) is 4.83. The van der Waals surface area contributed by atoms with E-state index in [-0.39, 0.29) is 0 Å². The van der Waals surface area contributed by atoms with E-state index in [4.69, 9.17) is 4.98 Å². The third-order valence-corrected chi connectivity index (χ3v) is 3.36. The average molecular weight is 272 g/mol. The van der Waals surface area contributed by atoms with Crippen LogP contribution in [0, 0.1) is 0 Å². The zero-order valence-corrected chi connectivity index (χ0v) is 11.2. The number of rotatable bonds is 2. The third-order valence-electron chi connectivity index (χ3n) is 3.36. The van der Waals surface area contributed by atoms with Crippen LogP contribution < -0.4 is 0 Å². The van der Waals surface area contributed by atoms with Gasteiger partial charge in [-0.25, -0.2) is 15.0 Å². The molecule has 4 nitrogen and oxygen atoms in total. The number of aromatic nitrogens is 4. The molecule has 0 bridgehead atoms. The van der Waals surface area contributed by atoms with E-state index >= 15 is 0 Å². The number of nitrogens with zero attached hydrogens (tertiary/aromatic N) is 3. The summed E-state index contributed by atoms with van der Waals surface area (Å²) in [5, 5.41) is 0. The van der Waals surface area contributed by atoms with E-state index in [1.54, 1.807) is 6.33 Å². The van der Waals surface area contributed by atoms with Gasteiger partial charge in [-0.3, -0.25) is 0 Å². The van der Waals surface area contributed by atoms with Crippen molar-refractivity contribution in [2.24, 2.45) is 0 Å². The van der Waals surface area contributed by atoms with E-state index in [1.165, 1.54) is 0 Å². The maximum Gasteiger partial charge on any atom is 0.197 e. The molecule has 0 saturated heterocycles. The van der Waals surface area contributed by atoms with Crippen molar-refractivity contribution in [2.45, 2.75) is 0 Å². The van der Waals surface area contributed by atoms with Gasteiger partial charge < -0.3 is 4.98 Å². The predicted molar refractivity (Wildman–Crippen MR) is 82.6 cm³/mol. The molecule has 0 aliphatic carbocycles. The topological polar surface area (TPSA) is 54.5 Å². The maximum absolute atomic E-state index is 4.70. The molecule has 4 aromatic rings. The van der Waals surface area contributed by atoms with Gasteiger partial charge in [0.15, 0.2) is 11.3 Å². The van der Waals surface area contributed by atoms with Crippen molar-refractivity contribution in [1.29, 1.82) is 0 Å². The highest BCUT2D eigenvalue weighted by Crippen LogP contribution is 2.29. The van der Waals surface area contributed by atoms with Crippen molar-refractivity contribution in [2.75, 3.05) is 0 Å². The molecular formula is C17H12N4. The highest BCUT2D eigenvalue weighted by Gasteiger charge is 2.13. The van der Waals surface area contributed by atoms with E-state index in [1.807, 2.05) is 60.7 Å². The van der Waals surface area contributed by atoms with Crippen LogP contribution in [-0.4, -0.2) is 19.9 Å². The van der Waals surface area contributed by atoms with E-state index in [9.17, 15) is 0 Å². The zero-order chi connectivity index (χ0) is 14.1. The van der Waals surface area contributed by atoms with E-state index in [0.717, 1.165) is 22.5 Å². The molecular weight excluding hydrogens is 260 g/mol. The number of nitrogens with one attached hydrogen (secondary N) is 1. The van der Waals surface area contributed by atoms with Crippen LogP contribution in [0.3, 0.4) is 0 Å². The summed E-state index contributed by atoms with van der Waals surface area (Å²) < 4.78 is 0. The number of hydrogen-bond acceptors (Lipinski definition) is 3.